The summed E-state index contributed by atoms with van der Waals surface area (Å²) in [5.41, 5.74) is 0.0946. The second kappa shape index (κ2) is 4.30. The predicted molar refractivity (Wildman–Crippen MR) is 58.1 cm³/mol. The SMILES string of the molecule is CN(C(=O)CC(C)(C)C)C1CCNC1. The molecule has 1 amide bonds. The second-order valence-corrected chi connectivity index (χ2v) is 5.39. The fourth-order valence-corrected chi connectivity index (χ4v) is 1.75. The van der Waals surface area contributed by atoms with E-state index in [0.29, 0.717) is 12.5 Å². The van der Waals surface area contributed by atoms with Crippen LogP contribution in [0, 0.1) is 5.41 Å². The maximum Gasteiger partial charge on any atom is 0.223 e. The van der Waals surface area contributed by atoms with Gasteiger partial charge in [0.05, 0.1) is 0 Å². The van der Waals surface area contributed by atoms with E-state index in [0.717, 1.165) is 19.5 Å². The first-order chi connectivity index (χ1) is 6.40. The molecule has 1 heterocycles. The summed E-state index contributed by atoms with van der Waals surface area (Å²) in [7, 11) is 1.92. The fraction of sp³-hybridized carbons (Fsp3) is 0.909. The predicted octanol–water partition coefficient (Wildman–Crippen LogP) is 1.24. The first-order valence-corrected chi connectivity index (χ1v) is 5.36. The molecule has 0 bridgehead atoms. The van der Waals surface area contributed by atoms with Gasteiger partial charge in [0.25, 0.3) is 0 Å². The minimum Gasteiger partial charge on any atom is -0.341 e. The number of carbonyl (C=O) groups is 1. The van der Waals surface area contributed by atoms with Gasteiger partial charge >= 0.3 is 0 Å². The van der Waals surface area contributed by atoms with Crippen LogP contribution in [0.1, 0.15) is 33.6 Å². The zero-order valence-electron chi connectivity index (χ0n) is 9.76. The van der Waals surface area contributed by atoms with E-state index in [9.17, 15) is 4.79 Å². The molecule has 0 aromatic carbocycles. The zero-order valence-corrected chi connectivity index (χ0v) is 9.76. The first kappa shape index (κ1) is 11.5. The van der Waals surface area contributed by atoms with Gasteiger partial charge in [-0.1, -0.05) is 20.8 Å². The van der Waals surface area contributed by atoms with Gasteiger partial charge in [0, 0.05) is 26.1 Å². The van der Waals surface area contributed by atoms with Gasteiger partial charge in [-0.25, -0.2) is 0 Å². The molecule has 82 valence electrons. The molecule has 0 spiro atoms. The van der Waals surface area contributed by atoms with Gasteiger partial charge in [0.15, 0.2) is 0 Å². The number of hydrogen-bond acceptors (Lipinski definition) is 2. The number of amides is 1. The van der Waals surface area contributed by atoms with Crippen LogP contribution < -0.4 is 5.32 Å². The highest BCUT2D eigenvalue weighted by Crippen LogP contribution is 2.20. The van der Waals surface area contributed by atoms with Gasteiger partial charge in [0.1, 0.15) is 0 Å². The summed E-state index contributed by atoms with van der Waals surface area (Å²) >= 11 is 0. The lowest BCUT2D eigenvalue weighted by atomic mass is 9.91. The average Bonchev–Trinajstić information content (AvgIpc) is 2.51. The number of likely N-dealkylation sites (N-methyl/N-ethyl adjacent to an activating group) is 1. The summed E-state index contributed by atoms with van der Waals surface area (Å²) in [5.74, 6) is 0.270. The van der Waals surface area contributed by atoms with Crippen LogP contribution in [0.25, 0.3) is 0 Å². The van der Waals surface area contributed by atoms with Gasteiger partial charge in [0.2, 0.25) is 5.91 Å². The Balaban J connectivity index is 2.43. The molecule has 1 fully saturated rings. The van der Waals surface area contributed by atoms with Gasteiger partial charge in [-0.2, -0.15) is 0 Å². The summed E-state index contributed by atoms with van der Waals surface area (Å²) in [6.07, 6.45) is 1.73. The van der Waals surface area contributed by atoms with Crippen molar-refractivity contribution in [2.75, 3.05) is 20.1 Å². The Morgan fingerprint density at radius 2 is 2.14 bits per heavy atom. The highest BCUT2D eigenvalue weighted by atomic mass is 16.2. The summed E-state index contributed by atoms with van der Waals surface area (Å²) in [6, 6.07) is 0.407. The molecule has 0 radical (unpaired) electrons. The average molecular weight is 198 g/mol. The number of rotatable bonds is 2. The molecule has 0 aromatic heterocycles. The quantitative estimate of drug-likeness (QED) is 0.724. The van der Waals surface area contributed by atoms with Crippen LogP contribution in [0.2, 0.25) is 0 Å². The van der Waals surface area contributed by atoms with Gasteiger partial charge in [-0.15, -0.1) is 0 Å². The van der Waals surface area contributed by atoms with Crippen molar-refractivity contribution in [2.45, 2.75) is 39.7 Å². The lowest BCUT2D eigenvalue weighted by Gasteiger charge is -2.27. The molecule has 1 rings (SSSR count). The maximum atomic E-state index is 11.8. The molecule has 0 aliphatic carbocycles. The first-order valence-electron chi connectivity index (χ1n) is 5.36. The third kappa shape index (κ3) is 3.29. The molecule has 0 saturated carbocycles. The van der Waals surface area contributed by atoms with E-state index in [1.807, 2.05) is 11.9 Å². The largest absolute Gasteiger partial charge is 0.341 e. The number of nitrogens with one attached hydrogen (secondary N) is 1. The minimum atomic E-state index is 0.0946. The van der Waals surface area contributed by atoms with Crippen molar-refractivity contribution in [2.24, 2.45) is 5.41 Å². The van der Waals surface area contributed by atoms with Crippen molar-refractivity contribution < 1.29 is 4.79 Å². The van der Waals surface area contributed by atoms with Crippen molar-refractivity contribution >= 4 is 5.91 Å². The van der Waals surface area contributed by atoms with Gasteiger partial charge in [-0.05, 0) is 18.4 Å². The van der Waals surface area contributed by atoms with Crippen LogP contribution in [-0.2, 0) is 4.79 Å². The smallest absolute Gasteiger partial charge is 0.223 e. The number of carbonyl (C=O) groups excluding carboxylic acids is 1. The van der Waals surface area contributed by atoms with E-state index in [-0.39, 0.29) is 11.3 Å². The molecule has 14 heavy (non-hydrogen) atoms. The molecule has 1 aliphatic heterocycles. The summed E-state index contributed by atoms with van der Waals surface area (Å²) < 4.78 is 0. The second-order valence-electron chi connectivity index (χ2n) is 5.39. The fourth-order valence-electron chi connectivity index (χ4n) is 1.75. The summed E-state index contributed by atoms with van der Waals surface area (Å²) in [5, 5.41) is 3.28. The molecule has 1 N–H and O–H groups in total. The molecular formula is C11H22N2O. The van der Waals surface area contributed by atoms with Crippen molar-refractivity contribution in [1.82, 2.24) is 10.2 Å². The van der Waals surface area contributed by atoms with Crippen molar-refractivity contribution in [3.05, 3.63) is 0 Å². The third-order valence-corrected chi connectivity index (χ3v) is 2.66. The van der Waals surface area contributed by atoms with Crippen LogP contribution in [0.5, 0.6) is 0 Å². The van der Waals surface area contributed by atoms with Gasteiger partial charge in [-0.3, -0.25) is 4.79 Å². The lowest BCUT2D eigenvalue weighted by Crippen LogP contribution is -2.39. The molecular weight excluding hydrogens is 176 g/mol. The Bertz CT molecular complexity index is 202. The Morgan fingerprint density at radius 3 is 2.57 bits per heavy atom. The van der Waals surface area contributed by atoms with E-state index in [1.165, 1.54) is 0 Å². The standard InChI is InChI=1S/C11H22N2O/c1-11(2,3)7-10(14)13(4)9-5-6-12-8-9/h9,12H,5-8H2,1-4H3. The Hall–Kier alpha value is -0.570. The lowest BCUT2D eigenvalue weighted by molar-refractivity contribution is -0.133. The van der Waals surface area contributed by atoms with Gasteiger partial charge < -0.3 is 10.2 Å². The highest BCUT2D eigenvalue weighted by molar-refractivity contribution is 5.76. The van der Waals surface area contributed by atoms with Crippen LogP contribution in [0.3, 0.4) is 0 Å². The molecule has 1 atom stereocenters. The van der Waals surface area contributed by atoms with Crippen molar-refractivity contribution in [1.29, 1.82) is 0 Å². The topological polar surface area (TPSA) is 32.3 Å². The summed E-state index contributed by atoms with van der Waals surface area (Å²) in [4.78, 5) is 13.8. The van der Waals surface area contributed by atoms with E-state index in [4.69, 9.17) is 0 Å². The molecule has 3 nitrogen and oxygen atoms in total. The monoisotopic (exact) mass is 198 g/mol. The molecule has 1 saturated heterocycles. The third-order valence-electron chi connectivity index (χ3n) is 2.66. The number of hydrogen-bond donors (Lipinski definition) is 1. The number of nitrogens with zero attached hydrogens (tertiary/aromatic N) is 1. The Kier molecular flexibility index (Phi) is 3.53. The molecule has 0 aromatic rings. The zero-order chi connectivity index (χ0) is 10.8. The van der Waals surface area contributed by atoms with Crippen LogP contribution in [-0.4, -0.2) is 37.0 Å². The Labute approximate surface area is 86.9 Å². The van der Waals surface area contributed by atoms with Crippen LogP contribution >= 0.6 is 0 Å². The Morgan fingerprint density at radius 1 is 1.50 bits per heavy atom. The minimum absolute atomic E-state index is 0.0946. The van der Waals surface area contributed by atoms with E-state index >= 15 is 0 Å². The highest BCUT2D eigenvalue weighted by Gasteiger charge is 2.25. The molecule has 1 unspecified atom stereocenters. The van der Waals surface area contributed by atoms with E-state index in [2.05, 4.69) is 26.1 Å². The maximum absolute atomic E-state index is 11.8. The van der Waals surface area contributed by atoms with Crippen molar-refractivity contribution in [3.8, 4) is 0 Å². The van der Waals surface area contributed by atoms with E-state index in [1.54, 1.807) is 0 Å². The van der Waals surface area contributed by atoms with Crippen LogP contribution in [0.15, 0.2) is 0 Å². The molecule has 3 heteroatoms. The molecule has 1 aliphatic rings. The van der Waals surface area contributed by atoms with Crippen molar-refractivity contribution in [3.63, 3.8) is 0 Å². The van der Waals surface area contributed by atoms with E-state index < -0.39 is 0 Å². The normalized spacial score (nSPS) is 22.4. The van der Waals surface area contributed by atoms with Crippen LogP contribution in [0.4, 0.5) is 0 Å². The summed E-state index contributed by atoms with van der Waals surface area (Å²) in [6.45, 7) is 8.30.